The van der Waals surface area contributed by atoms with E-state index in [1.165, 1.54) is 26.4 Å². The summed E-state index contributed by atoms with van der Waals surface area (Å²) >= 11 is 0. The summed E-state index contributed by atoms with van der Waals surface area (Å²) in [4.78, 5) is 10.7. The van der Waals surface area contributed by atoms with Crippen molar-refractivity contribution in [2.24, 2.45) is 0 Å². The Morgan fingerprint density at radius 2 is 2.05 bits per heavy atom. The molecule has 0 fully saturated rings. The average Bonchev–Trinajstić information content (AvgIpc) is 2.87. The number of halogens is 1. The van der Waals surface area contributed by atoms with E-state index in [-0.39, 0.29) is 23.0 Å². The second-order valence-corrected chi connectivity index (χ2v) is 3.58. The first-order valence-corrected chi connectivity index (χ1v) is 5.18. The Bertz CT molecular complexity index is 623. The van der Waals surface area contributed by atoms with Gasteiger partial charge in [0.2, 0.25) is 0 Å². The van der Waals surface area contributed by atoms with Gasteiger partial charge in [-0.1, -0.05) is 5.16 Å². The van der Waals surface area contributed by atoms with E-state index in [4.69, 9.17) is 19.1 Å². The number of hydrogen-bond acceptors (Lipinski definition) is 5. The molecule has 7 heteroatoms. The van der Waals surface area contributed by atoms with Crippen molar-refractivity contribution in [3.63, 3.8) is 0 Å². The molecular formula is C12H10FNO5. The number of aromatic carboxylic acids is 1. The second-order valence-electron chi connectivity index (χ2n) is 3.58. The number of aromatic nitrogens is 1. The van der Waals surface area contributed by atoms with Crippen LogP contribution in [0.2, 0.25) is 0 Å². The molecule has 0 unspecified atom stereocenters. The molecule has 0 aliphatic carbocycles. The lowest BCUT2D eigenvalue weighted by Gasteiger charge is -2.09. The zero-order chi connectivity index (χ0) is 14.0. The highest BCUT2D eigenvalue weighted by atomic mass is 19.1. The van der Waals surface area contributed by atoms with Crippen molar-refractivity contribution in [2.75, 3.05) is 14.2 Å². The minimum atomic E-state index is -1.23. The van der Waals surface area contributed by atoms with Gasteiger partial charge in [-0.3, -0.25) is 0 Å². The molecule has 0 atom stereocenters. The van der Waals surface area contributed by atoms with E-state index >= 15 is 0 Å². The van der Waals surface area contributed by atoms with E-state index in [0.29, 0.717) is 5.56 Å². The molecule has 0 aliphatic heterocycles. The Labute approximate surface area is 107 Å². The highest BCUT2D eigenvalue weighted by molar-refractivity contribution is 5.86. The van der Waals surface area contributed by atoms with Gasteiger partial charge in [-0.25, -0.2) is 9.18 Å². The number of rotatable bonds is 4. The van der Waals surface area contributed by atoms with Gasteiger partial charge in [0.15, 0.2) is 28.8 Å². The Hall–Kier alpha value is -2.57. The van der Waals surface area contributed by atoms with Gasteiger partial charge >= 0.3 is 5.97 Å². The van der Waals surface area contributed by atoms with Crippen molar-refractivity contribution in [1.82, 2.24) is 5.16 Å². The lowest BCUT2D eigenvalue weighted by molar-refractivity contribution is 0.0686. The van der Waals surface area contributed by atoms with Crippen LogP contribution in [0.1, 0.15) is 10.5 Å². The fourth-order valence-corrected chi connectivity index (χ4v) is 1.57. The fraction of sp³-hybridized carbons (Fsp3) is 0.167. The van der Waals surface area contributed by atoms with Crippen molar-refractivity contribution in [3.05, 3.63) is 29.7 Å². The van der Waals surface area contributed by atoms with Gasteiger partial charge < -0.3 is 19.1 Å². The number of benzene rings is 1. The maximum absolute atomic E-state index is 13.8. The molecule has 1 aromatic heterocycles. The molecule has 1 heterocycles. The highest BCUT2D eigenvalue weighted by Crippen LogP contribution is 2.35. The van der Waals surface area contributed by atoms with Gasteiger partial charge in [-0.05, 0) is 12.1 Å². The lowest BCUT2D eigenvalue weighted by Crippen LogP contribution is -1.95. The molecule has 100 valence electrons. The van der Waals surface area contributed by atoms with Crippen LogP contribution in [0.3, 0.4) is 0 Å². The molecule has 0 spiro atoms. The number of carboxylic acids is 1. The van der Waals surface area contributed by atoms with Gasteiger partial charge in [-0.15, -0.1) is 0 Å². The van der Waals surface area contributed by atoms with E-state index in [0.717, 1.165) is 6.07 Å². The van der Waals surface area contributed by atoms with Gasteiger partial charge in [-0.2, -0.15) is 0 Å². The van der Waals surface area contributed by atoms with Crippen molar-refractivity contribution < 1.29 is 28.3 Å². The maximum Gasteiger partial charge on any atom is 0.358 e. The fourth-order valence-electron chi connectivity index (χ4n) is 1.57. The first kappa shape index (κ1) is 12.9. The quantitative estimate of drug-likeness (QED) is 0.914. The van der Waals surface area contributed by atoms with E-state index in [1.807, 2.05) is 0 Å². The third kappa shape index (κ3) is 2.35. The largest absolute Gasteiger partial charge is 0.493 e. The summed E-state index contributed by atoms with van der Waals surface area (Å²) in [5.74, 6) is -1.62. The van der Waals surface area contributed by atoms with Gasteiger partial charge in [0.25, 0.3) is 0 Å². The summed E-state index contributed by atoms with van der Waals surface area (Å²) in [7, 11) is 2.68. The molecule has 0 saturated heterocycles. The number of nitrogens with zero attached hydrogens (tertiary/aromatic N) is 1. The molecule has 6 nitrogen and oxygen atoms in total. The third-order valence-electron chi connectivity index (χ3n) is 2.45. The van der Waals surface area contributed by atoms with Crippen molar-refractivity contribution in [2.45, 2.75) is 0 Å². The number of ether oxygens (including phenoxy) is 2. The standard InChI is InChI=1S/C12H10FNO5/c1-17-10-4-6(3-7(13)11(10)18-2)9-5-8(12(15)16)14-19-9/h3-5H,1-2H3,(H,15,16). The monoisotopic (exact) mass is 267 g/mol. The molecule has 2 aromatic rings. The molecule has 19 heavy (non-hydrogen) atoms. The molecule has 2 rings (SSSR count). The SMILES string of the molecule is COc1cc(-c2cc(C(=O)O)no2)cc(F)c1OC. The van der Waals surface area contributed by atoms with Crippen LogP contribution in [0.4, 0.5) is 4.39 Å². The average molecular weight is 267 g/mol. The summed E-state index contributed by atoms with van der Waals surface area (Å²) in [6.07, 6.45) is 0. The zero-order valence-corrected chi connectivity index (χ0v) is 10.1. The zero-order valence-electron chi connectivity index (χ0n) is 10.1. The predicted molar refractivity (Wildman–Crippen MR) is 62.0 cm³/mol. The Morgan fingerprint density at radius 3 is 2.58 bits per heavy atom. The second kappa shape index (κ2) is 4.97. The molecule has 0 aliphatic rings. The topological polar surface area (TPSA) is 81.8 Å². The third-order valence-corrected chi connectivity index (χ3v) is 2.45. The van der Waals surface area contributed by atoms with Crippen LogP contribution in [0.15, 0.2) is 22.7 Å². The number of carboxylic acid groups (broad SMARTS) is 1. The lowest BCUT2D eigenvalue weighted by atomic mass is 10.1. The maximum atomic E-state index is 13.8. The van der Waals surface area contributed by atoms with E-state index in [1.54, 1.807) is 0 Å². The van der Waals surface area contributed by atoms with Crippen LogP contribution in [0, 0.1) is 5.82 Å². The summed E-state index contributed by atoms with van der Waals surface area (Å²) in [5, 5.41) is 12.1. The summed E-state index contributed by atoms with van der Waals surface area (Å²) < 4.78 is 28.5. The van der Waals surface area contributed by atoms with Gasteiger partial charge in [0, 0.05) is 11.6 Å². The van der Waals surface area contributed by atoms with Crippen molar-refractivity contribution >= 4 is 5.97 Å². The first-order valence-electron chi connectivity index (χ1n) is 5.18. The number of carbonyl (C=O) groups is 1. The minimum absolute atomic E-state index is 0.0378. The number of hydrogen-bond donors (Lipinski definition) is 1. The summed E-state index contributed by atoms with van der Waals surface area (Å²) in [6, 6.07) is 3.81. The normalized spacial score (nSPS) is 10.3. The van der Waals surface area contributed by atoms with E-state index < -0.39 is 11.8 Å². The Morgan fingerprint density at radius 1 is 1.32 bits per heavy atom. The number of methoxy groups -OCH3 is 2. The van der Waals surface area contributed by atoms with Crippen LogP contribution >= 0.6 is 0 Å². The van der Waals surface area contributed by atoms with Gasteiger partial charge in [0.05, 0.1) is 14.2 Å². The van der Waals surface area contributed by atoms with Gasteiger partial charge in [0.1, 0.15) is 0 Å². The molecule has 0 radical (unpaired) electrons. The molecular weight excluding hydrogens is 257 g/mol. The molecule has 1 aromatic carbocycles. The molecule has 0 saturated carbocycles. The molecule has 1 N–H and O–H groups in total. The van der Waals surface area contributed by atoms with Crippen LogP contribution in [0.25, 0.3) is 11.3 Å². The smallest absolute Gasteiger partial charge is 0.358 e. The minimum Gasteiger partial charge on any atom is -0.493 e. The predicted octanol–water partition coefficient (Wildman–Crippen LogP) is 2.20. The van der Waals surface area contributed by atoms with Crippen molar-refractivity contribution in [1.29, 1.82) is 0 Å². The Kier molecular flexibility index (Phi) is 3.37. The van der Waals surface area contributed by atoms with E-state index in [9.17, 15) is 9.18 Å². The highest BCUT2D eigenvalue weighted by Gasteiger charge is 2.17. The van der Waals surface area contributed by atoms with E-state index in [2.05, 4.69) is 5.16 Å². The molecule has 0 amide bonds. The summed E-state index contributed by atoms with van der Waals surface area (Å²) in [5.41, 5.74) is 0.0420. The van der Waals surface area contributed by atoms with Crippen molar-refractivity contribution in [3.8, 4) is 22.8 Å². The Balaban J connectivity index is 2.50. The van der Waals surface area contributed by atoms with Crippen LogP contribution in [0.5, 0.6) is 11.5 Å². The molecule has 0 bridgehead atoms. The summed E-state index contributed by atoms with van der Waals surface area (Å²) in [6.45, 7) is 0. The van der Waals surface area contributed by atoms with Crippen LogP contribution in [-0.4, -0.2) is 30.5 Å². The van der Waals surface area contributed by atoms with Crippen LogP contribution < -0.4 is 9.47 Å². The first-order chi connectivity index (χ1) is 9.06. The van der Waals surface area contributed by atoms with Crippen LogP contribution in [-0.2, 0) is 0 Å².